The molecule has 0 saturated heterocycles. The lowest BCUT2D eigenvalue weighted by Gasteiger charge is -2.12. The number of benzene rings is 2. The highest BCUT2D eigenvalue weighted by Crippen LogP contribution is 2.10. The van der Waals surface area contributed by atoms with Crippen molar-refractivity contribution in [3.8, 4) is 0 Å². The molecule has 33 heavy (non-hydrogen) atoms. The molecule has 8 nitrogen and oxygen atoms in total. The fourth-order valence-electron chi connectivity index (χ4n) is 2.90. The molecule has 0 unspecified atom stereocenters. The van der Waals surface area contributed by atoms with Crippen LogP contribution in [0.15, 0.2) is 48.5 Å². The van der Waals surface area contributed by atoms with Crippen molar-refractivity contribution in [3.63, 3.8) is 0 Å². The van der Waals surface area contributed by atoms with Crippen LogP contribution in [0.4, 0.5) is 11.4 Å². The zero-order chi connectivity index (χ0) is 24.1. The third-order valence-corrected chi connectivity index (χ3v) is 4.90. The normalized spacial score (nSPS) is 10.0. The van der Waals surface area contributed by atoms with Gasteiger partial charge in [0.1, 0.15) is 0 Å². The number of hydrazine groups is 2. The van der Waals surface area contributed by atoms with Gasteiger partial charge in [-0.2, -0.15) is 0 Å². The van der Waals surface area contributed by atoms with Gasteiger partial charge in [-0.3, -0.25) is 31.3 Å². The molecule has 0 heterocycles. The van der Waals surface area contributed by atoms with Gasteiger partial charge < -0.3 is 10.6 Å². The van der Waals surface area contributed by atoms with E-state index in [-0.39, 0.29) is 11.8 Å². The number of nitrogens with one attached hydrogen (secondary N) is 6. The molecule has 0 bridgehead atoms. The van der Waals surface area contributed by atoms with E-state index in [4.69, 9.17) is 24.4 Å². The maximum absolute atomic E-state index is 11.9. The van der Waals surface area contributed by atoms with Crippen LogP contribution in [0.3, 0.4) is 0 Å². The van der Waals surface area contributed by atoms with Gasteiger partial charge in [-0.25, -0.2) is 0 Å². The Kier molecular flexibility index (Phi) is 11.1. The maximum atomic E-state index is 11.9. The summed E-state index contributed by atoms with van der Waals surface area (Å²) in [6, 6.07) is 15.5. The molecule has 0 fully saturated rings. The summed E-state index contributed by atoms with van der Waals surface area (Å²) in [6.45, 7) is 3.98. The molecule has 2 aromatic carbocycles. The van der Waals surface area contributed by atoms with Crippen molar-refractivity contribution in [3.05, 3.63) is 59.7 Å². The summed E-state index contributed by atoms with van der Waals surface area (Å²) in [5, 5.41) is 6.63. The second-order valence-electron chi connectivity index (χ2n) is 7.55. The molecule has 0 spiro atoms. The van der Waals surface area contributed by atoms with Crippen LogP contribution in [0.5, 0.6) is 0 Å². The van der Waals surface area contributed by atoms with E-state index in [1.165, 1.54) is 0 Å². The van der Waals surface area contributed by atoms with Gasteiger partial charge in [0.25, 0.3) is 0 Å². The number of anilines is 2. The Morgan fingerprint density at radius 2 is 1.09 bits per heavy atom. The lowest BCUT2D eigenvalue weighted by molar-refractivity contribution is -0.122. The highest BCUT2D eigenvalue weighted by atomic mass is 32.1. The van der Waals surface area contributed by atoms with E-state index in [2.05, 4.69) is 32.3 Å². The standard InChI is InChI=1S/C23H30N6O2S2/c1-16-8-6-10-18(14-16)24-22(32)28-26-20(30)12-4-3-5-13-21(31)27-29-23(33)25-19-11-7-9-17(2)15-19/h6-11,14-15H,3-5,12-13H2,1-2H3,(H,26,30)(H,27,31)(H2,24,28,32)(H2,25,29,33). The molecule has 0 aliphatic carbocycles. The van der Waals surface area contributed by atoms with Crippen molar-refractivity contribution < 1.29 is 9.59 Å². The van der Waals surface area contributed by atoms with Crippen molar-refractivity contribution in [1.29, 1.82) is 0 Å². The first-order chi connectivity index (χ1) is 15.8. The van der Waals surface area contributed by atoms with E-state index >= 15 is 0 Å². The summed E-state index contributed by atoms with van der Waals surface area (Å²) >= 11 is 10.3. The molecule has 0 aromatic heterocycles. The zero-order valence-electron chi connectivity index (χ0n) is 18.8. The molecule has 0 radical (unpaired) electrons. The molecule has 10 heteroatoms. The van der Waals surface area contributed by atoms with Crippen LogP contribution < -0.4 is 32.3 Å². The van der Waals surface area contributed by atoms with Gasteiger partial charge in [0.05, 0.1) is 0 Å². The SMILES string of the molecule is Cc1cccc(NC(=S)NNC(=O)CCCCCC(=O)NNC(=S)Nc2cccc(C)c2)c1. The van der Waals surface area contributed by atoms with E-state index in [0.717, 1.165) is 28.9 Å². The maximum Gasteiger partial charge on any atom is 0.238 e. The molecule has 0 aliphatic rings. The van der Waals surface area contributed by atoms with Crippen LogP contribution in [0.2, 0.25) is 0 Å². The Morgan fingerprint density at radius 1 is 0.667 bits per heavy atom. The van der Waals surface area contributed by atoms with Crippen LogP contribution in [0.1, 0.15) is 43.2 Å². The summed E-state index contributed by atoms with van der Waals surface area (Å²) in [7, 11) is 0. The predicted molar refractivity (Wildman–Crippen MR) is 140 cm³/mol. The van der Waals surface area contributed by atoms with Gasteiger partial charge in [-0.05, 0) is 86.5 Å². The first-order valence-corrected chi connectivity index (χ1v) is 11.5. The molecule has 2 amide bonds. The monoisotopic (exact) mass is 486 g/mol. The molecule has 2 rings (SSSR count). The Balaban J connectivity index is 1.50. The number of rotatable bonds is 8. The predicted octanol–water partition coefficient (Wildman–Crippen LogP) is 3.59. The summed E-state index contributed by atoms with van der Waals surface area (Å²) in [5.74, 6) is -0.329. The fourth-order valence-corrected chi connectivity index (χ4v) is 3.23. The molecule has 0 atom stereocenters. The smallest absolute Gasteiger partial charge is 0.238 e. The lowest BCUT2D eigenvalue weighted by Crippen LogP contribution is -2.43. The molecule has 176 valence electrons. The van der Waals surface area contributed by atoms with Gasteiger partial charge in [0, 0.05) is 24.2 Å². The van der Waals surface area contributed by atoms with E-state index < -0.39 is 0 Å². The van der Waals surface area contributed by atoms with Crippen LogP contribution in [0.25, 0.3) is 0 Å². The van der Waals surface area contributed by atoms with Crippen molar-refractivity contribution in [2.75, 3.05) is 10.6 Å². The Morgan fingerprint density at radius 3 is 1.48 bits per heavy atom. The number of carbonyl (C=O) groups excluding carboxylic acids is 2. The van der Waals surface area contributed by atoms with Crippen LogP contribution in [-0.4, -0.2) is 22.0 Å². The topological polar surface area (TPSA) is 106 Å². The first-order valence-electron chi connectivity index (χ1n) is 10.7. The second kappa shape index (κ2) is 14.0. The highest BCUT2D eigenvalue weighted by molar-refractivity contribution is 7.80. The van der Waals surface area contributed by atoms with Crippen molar-refractivity contribution in [2.24, 2.45) is 0 Å². The molecule has 6 N–H and O–H groups in total. The molecule has 2 aromatic rings. The second-order valence-corrected chi connectivity index (χ2v) is 8.37. The largest absolute Gasteiger partial charge is 0.331 e. The van der Waals surface area contributed by atoms with Crippen LogP contribution >= 0.6 is 24.4 Å². The average Bonchev–Trinajstić information content (AvgIpc) is 2.76. The summed E-state index contributed by atoms with van der Waals surface area (Å²) in [6.07, 6.45) is 2.76. The molecule has 0 saturated carbocycles. The van der Waals surface area contributed by atoms with E-state index in [0.29, 0.717) is 35.9 Å². The van der Waals surface area contributed by atoms with E-state index in [9.17, 15) is 9.59 Å². The minimum atomic E-state index is -0.165. The van der Waals surface area contributed by atoms with E-state index in [1.54, 1.807) is 0 Å². The number of unbranched alkanes of at least 4 members (excludes halogenated alkanes) is 2. The number of thiocarbonyl (C=S) groups is 2. The molecular formula is C23H30N6O2S2. The zero-order valence-corrected chi connectivity index (χ0v) is 20.4. The lowest BCUT2D eigenvalue weighted by atomic mass is 10.1. The van der Waals surface area contributed by atoms with E-state index in [1.807, 2.05) is 62.4 Å². The molecular weight excluding hydrogens is 456 g/mol. The Labute approximate surface area is 205 Å². The van der Waals surface area contributed by atoms with Gasteiger partial charge in [0.2, 0.25) is 11.8 Å². The summed E-state index contributed by atoms with van der Waals surface area (Å²) < 4.78 is 0. The number of hydrogen-bond donors (Lipinski definition) is 6. The van der Waals surface area contributed by atoms with Gasteiger partial charge in [-0.15, -0.1) is 0 Å². The summed E-state index contributed by atoms with van der Waals surface area (Å²) in [5.41, 5.74) is 14.4. The highest BCUT2D eigenvalue weighted by Gasteiger charge is 2.05. The minimum Gasteiger partial charge on any atom is -0.331 e. The Hall–Kier alpha value is -3.24. The fraction of sp³-hybridized carbons (Fsp3) is 0.304. The van der Waals surface area contributed by atoms with Crippen LogP contribution in [-0.2, 0) is 9.59 Å². The quantitative estimate of drug-likeness (QED) is 0.191. The Bertz CT molecular complexity index is 905. The number of aryl methyl sites for hydroxylation is 2. The van der Waals surface area contributed by atoms with Crippen molar-refractivity contribution in [1.82, 2.24) is 21.7 Å². The number of hydrogen-bond acceptors (Lipinski definition) is 4. The third-order valence-electron chi connectivity index (χ3n) is 4.49. The number of amides is 2. The molecule has 0 aliphatic heterocycles. The summed E-state index contributed by atoms with van der Waals surface area (Å²) in [4.78, 5) is 23.9. The number of carbonyl (C=O) groups is 2. The average molecular weight is 487 g/mol. The van der Waals surface area contributed by atoms with Crippen molar-refractivity contribution >= 4 is 57.8 Å². The van der Waals surface area contributed by atoms with Gasteiger partial charge in [-0.1, -0.05) is 30.7 Å². The van der Waals surface area contributed by atoms with Gasteiger partial charge >= 0.3 is 0 Å². The first kappa shape index (κ1) is 26.0. The minimum absolute atomic E-state index is 0.165. The van der Waals surface area contributed by atoms with Gasteiger partial charge in [0.15, 0.2) is 10.2 Å². The van der Waals surface area contributed by atoms with Crippen LogP contribution in [0, 0.1) is 13.8 Å². The third kappa shape index (κ3) is 11.3. The van der Waals surface area contributed by atoms with Crippen molar-refractivity contribution in [2.45, 2.75) is 46.0 Å².